The quantitative estimate of drug-likeness (QED) is 0.910. The van der Waals surface area contributed by atoms with Gasteiger partial charge in [0.15, 0.2) is 0 Å². The third-order valence-corrected chi connectivity index (χ3v) is 3.03. The summed E-state index contributed by atoms with van der Waals surface area (Å²) in [5.41, 5.74) is 1.58. The molecule has 0 aliphatic carbocycles. The van der Waals surface area contributed by atoms with Gasteiger partial charge in [-0.25, -0.2) is 8.78 Å². The van der Waals surface area contributed by atoms with E-state index >= 15 is 0 Å². The predicted octanol–water partition coefficient (Wildman–Crippen LogP) is 3.79. The molecule has 2 nitrogen and oxygen atoms in total. The average molecular weight is 263 g/mol. The summed E-state index contributed by atoms with van der Waals surface area (Å²) in [7, 11) is 1.70. The normalized spacial score (nSPS) is 12.3. The van der Waals surface area contributed by atoms with Crippen LogP contribution >= 0.6 is 0 Å². The van der Waals surface area contributed by atoms with Crippen molar-refractivity contribution >= 4 is 11.4 Å². The summed E-state index contributed by atoms with van der Waals surface area (Å²) in [6, 6.07) is 10.4. The maximum absolute atomic E-state index is 14.0. The minimum atomic E-state index is -0.709. The summed E-state index contributed by atoms with van der Waals surface area (Å²) in [6.45, 7) is 1.58. The van der Waals surface area contributed by atoms with E-state index in [1.54, 1.807) is 43.1 Å². The van der Waals surface area contributed by atoms with E-state index in [-0.39, 0.29) is 5.82 Å². The molecule has 0 amide bonds. The van der Waals surface area contributed by atoms with Crippen molar-refractivity contribution in [1.82, 2.24) is 0 Å². The lowest BCUT2D eigenvalue weighted by Gasteiger charge is -2.21. The van der Waals surface area contributed by atoms with Crippen LogP contribution in [0.5, 0.6) is 0 Å². The highest BCUT2D eigenvalue weighted by Gasteiger charge is 2.11. The molecule has 0 aliphatic rings. The van der Waals surface area contributed by atoms with Gasteiger partial charge in [-0.05, 0) is 48.9 Å². The number of hydrogen-bond acceptors (Lipinski definition) is 2. The lowest BCUT2D eigenvalue weighted by molar-refractivity contribution is 0.199. The van der Waals surface area contributed by atoms with Crippen LogP contribution in [0.1, 0.15) is 18.6 Å². The summed E-state index contributed by atoms with van der Waals surface area (Å²) < 4.78 is 26.9. The Bertz CT molecular complexity index is 567. The standard InChI is InChI=1S/C15H15F2NO/c1-10(19)11-3-8-15(14(17)9-11)18(2)13-6-4-12(16)5-7-13/h3-10,19H,1-2H3/t10-/m1/s1. The molecular weight excluding hydrogens is 248 g/mol. The minimum Gasteiger partial charge on any atom is -0.389 e. The zero-order valence-corrected chi connectivity index (χ0v) is 10.8. The van der Waals surface area contributed by atoms with Crippen LogP contribution < -0.4 is 4.90 Å². The number of aliphatic hydroxyl groups excluding tert-OH is 1. The van der Waals surface area contributed by atoms with Crippen molar-refractivity contribution in [3.8, 4) is 0 Å². The molecule has 0 bridgehead atoms. The van der Waals surface area contributed by atoms with Gasteiger partial charge in [0.2, 0.25) is 0 Å². The van der Waals surface area contributed by atoms with E-state index in [1.165, 1.54) is 18.2 Å². The fourth-order valence-corrected chi connectivity index (χ4v) is 1.86. The SMILES string of the molecule is C[C@@H](O)c1ccc(N(C)c2ccc(F)cc2)c(F)c1. The van der Waals surface area contributed by atoms with Crippen LogP contribution in [0.15, 0.2) is 42.5 Å². The molecule has 2 rings (SSSR count). The molecule has 0 heterocycles. The van der Waals surface area contributed by atoms with Crippen LogP contribution in [0.2, 0.25) is 0 Å². The summed E-state index contributed by atoms with van der Waals surface area (Å²) >= 11 is 0. The van der Waals surface area contributed by atoms with Crippen molar-refractivity contribution in [3.63, 3.8) is 0 Å². The van der Waals surface area contributed by atoms with Crippen LogP contribution in [-0.4, -0.2) is 12.2 Å². The van der Waals surface area contributed by atoms with Crippen LogP contribution in [0.3, 0.4) is 0 Å². The van der Waals surface area contributed by atoms with E-state index < -0.39 is 11.9 Å². The largest absolute Gasteiger partial charge is 0.389 e. The van der Waals surface area contributed by atoms with Gasteiger partial charge in [0.25, 0.3) is 0 Å². The lowest BCUT2D eigenvalue weighted by Crippen LogP contribution is -2.11. The van der Waals surface area contributed by atoms with Crippen molar-refractivity contribution in [2.24, 2.45) is 0 Å². The molecule has 19 heavy (non-hydrogen) atoms. The molecule has 1 N–H and O–H groups in total. The summed E-state index contributed by atoms with van der Waals surface area (Å²) in [4.78, 5) is 1.63. The van der Waals surface area contributed by atoms with Gasteiger partial charge in [-0.15, -0.1) is 0 Å². The van der Waals surface area contributed by atoms with Crippen LogP contribution in [-0.2, 0) is 0 Å². The van der Waals surface area contributed by atoms with Crippen molar-refractivity contribution in [1.29, 1.82) is 0 Å². The molecule has 2 aromatic carbocycles. The van der Waals surface area contributed by atoms with Crippen LogP contribution in [0, 0.1) is 11.6 Å². The first-order valence-corrected chi connectivity index (χ1v) is 5.96. The monoisotopic (exact) mass is 263 g/mol. The second kappa shape index (κ2) is 5.36. The number of aliphatic hydroxyl groups is 1. The zero-order valence-electron chi connectivity index (χ0n) is 10.8. The molecule has 100 valence electrons. The summed E-state index contributed by atoms with van der Waals surface area (Å²) in [5.74, 6) is -0.757. The molecule has 1 atom stereocenters. The predicted molar refractivity (Wildman–Crippen MR) is 71.5 cm³/mol. The van der Waals surface area contributed by atoms with Gasteiger partial charge in [0.1, 0.15) is 11.6 Å². The number of anilines is 2. The number of rotatable bonds is 3. The molecule has 0 saturated carbocycles. The molecule has 2 aromatic rings. The summed E-state index contributed by atoms with van der Waals surface area (Å²) in [5, 5.41) is 9.40. The van der Waals surface area contributed by atoms with E-state index in [4.69, 9.17) is 0 Å². The fourth-order valence-electron chi connectivity index (χ4n) is 1.86. The molecule has 0 aromatic heterocycles. The highest BCUT2D eigenvalue weighted by atomic mass is 19.1. The Morgan fingerprint density at radius 1 is 1.05 bits per heavy atom. The van der Waals surface area contributed by atoms with Gasteiger partial charge in [0, 0.05) is 12.7 Å². The Labute approximate surface area is 110 Å². The van der Waals surface area contributed by atoms with Gasteiger partial charge in [-0.1, -0.05) is 6.07 Å². The highest BCUT2D eigenvalue weighted by molar-refractivity contribution is 5.63. The smallest absolute Gasteiger partial charge is 0.147 e. The van der Waals surface area contributed by atoms with Crippen molar-refractivity contribution in [3.05, 3.63) is 59.7 Å². The van der Waals surface area contributed by atoms with E-state index in [2.05, 4.69) is 0 Å². The number of benzene rings is 2. The first-order valence-electron chi connectivity index (χ1n) is 5.96. The zero-order chi connectivity index (χ0) is 14.0. The van der Waals surface area contributed by atoms with Gasteiger partial charge in [-0.3, -0.25) is 0 Å². The minimum absolute atomic E-state index is 0.331. The molecule has 0 radical (unpaired) electrons. The second-order valence-electron chi connectivity index (χ2n) is 4.42. The van der Waals surface area contributed by atoms with E-state index in [9.17, 15) is 13.9 Å². The molecule has 0 spiro atoms. The summed E-state index contributed by atoms with van der Waals surface area (Å²) in [6.07, 6.45) is -0.709. The molecular formula is C15H15F2NO. The number of nitrogens with zero attached hydrogens (tertiary/aromatic N) is 1. The van der Waals surface area contributed by atoms with Gasteiger partial charge < -0.3 is 10.0 Å². The first kappa shape index (κ1) is 13.5. The Kier molecular flexibility index (Phi) is 3.81. The molecule has 4 heteroatoms. The molecule has 0 fully saturated rings. The van der Waals surface area contributed by atoms with E-state index in [0.717, 1.165) is 0 Å². The Balaban J connectivity index is 2.33. The Morgan fingerprint density at radius 3 is 2.21 bits per heavy atom. The van der Waals surface area contributed by atoms with E-state index in [1.807, 2.05) is 0 Å². The Hall–Kier alpha value is -1.94. The average Bonchev–Trinajstić information content (AvgIpc) is 2.38. The number of hydrogen-bond donors (Lipinski definition) is 1. The van der Waals surface area contributed by atoms with Crippen LogP contribution in [0.25, 0.3) is 0 Å². The topological polar surface area (TPSA) is 23.5 Å². The highest BCUT2D eigenvalue weighted by Crippen LogP contribution is 2.28. The lowest BCUT2D eigenvalue weighted by atomic mass is 10.1. The third kappa shape index (κ3) is 2.90. The Morgan fingerprint density at radius 2 is 1.68 bits per heavy atom. The van der Waals surface area contributed by atoms with Crippen molar-refractivity contribution < 1.29 is 13.9 Å². The van der Waals surface area contributed by atoms with Gasteiger partial charge >= 0.3 is 0 Å². The van der Waals surface area contributed by atoms with Gasteiger partial charge in [0.05, 0.1) is 11.8 Å². The van der Waals surface area contributed by atoms with Gasteiger partial charge in [-0.2, -0.15) is 0 Å². The molecule has 0 saturated heterocycles. The first-order chi connectivity index (χ1) is 8.99. The van der Waals surface area contributed by atoms with Crippen molar-refractivity contribution in [2.45, 2.75) is 13.0 Å². The van der Waals surface area contributed by atoms with Crippen LogP contribution in [0.4, 0.5) is 20.2 Å². The number of halogens is 2. The maximum Gasteiger partial charge on any atom is 0.147 e. The molecule has 0 aliphatic heterocycles. The van der Waals surface area contributed by atoms with E-state index in [0.29, 0.717) is 16.9 Å². The maximum atomic E-state index is 14.0. The second-order valence-corrected chi connectivity index (χ2v) is 4.42. The van der Waals surface area contributed by atoms with Crippen molar-refractivity contribution in [2.75, 3.05) is 11.9 Å². The third-order valence-electron chi connectivity index (χ3n) is 3.03. The molecule has 0 unspecified atom stereocenters. The fraction of sp³-hybridized carbons (Fsp3) is 0.200.